The third kappa shape index (κ3) is 1.92. The largest absolute Gasteiger partial charge is 0.382 e. The number of hydrogen-bond acceptors (Lipinski definition) is 2. The molecule has 0 amide bonds. The summed E-state index contributed by atoms with van der Waals surface area (Å²) in [7, 11) is 0. The van der Waals surface area contributed by atoms with Crippen LogP contribution in [0.1, 0.15) is 25.7 Å². The van der Waals surface area contributed by atoms with Crippen molar-refractivity contribution in [2.24, 2.45) is 0 Å². The van der Waals surface area contributed by atoms with Gasteiger partial charge >= 0.3 is 0 Å². The molecule has 100 valence electrons. The molecule has 1 N–H and O–H groups in total. The van der Waals surface area contributed by atoms with Gasteiger partial charge in [0.1, 0.15) is 0 Å². The van der Waals surface area contributed by atoms with Crippen LogP contribution in [0.5, 0.6) is 0 Å². The zero-order valence-corrected chi connectivity index (χ0v) is 11.5. The maximum Gasteiger partial charge on any atom is 0.0429 e. The van der Waals surface area contributed by atoms with Gasteiger partial charge in [0.15, 0.2) is 0 Å². The first kappa shape index (κ1) is 11.7. The standard InChI is InChI=1S/C18H18N2/c1-4-8-15-13(5-1)11-18(20-14-6-2-3-7-14)16-9-10-19-12-17(15)16/h1,4-5,8-12,14,20H,2-3,6-7H2. The summed E-state index contributed by atoms with van der Waals surface area (Å²) in [6, 6.07) is 13.6. The van der Waals surface area contributed by atoms with Gasteiger partial charge in [-0.15, -0.1) is 0 Å². The van der Waals surface area contributed by atoms with Gasteiger partial charge in [-0.3, -0.25) is 4.98 Å². The van der Waals surface area contributed by atoms with Crippen molar-refractivity contribution >= 4 is 27.2 Å². The van der Waals surface area contributed by atoms with Crippen LogP contribution in [0.25, 0.3) is 21.5 Å². The van der Waals surface area contributed by atoms with E-state index >= 15 is 0 Å². The van der Waals surface area contributed by atoms with Crippen LogP contribution in [-0.2, 0) is 0 Å². The number of fused-ring (bicyclic) bond motifs is 3. The van der Waals surface area contributed by atoms with Gasteiger partial charge in [0.05, 0.1) is 0 Å². The van der Waals surface area contributed by atoms with Crippen LogP contribution in [-0.4, -0.2) is 11.0 Å². The molecule has 0 unspecified atom stereocenters. The first-order valence-electron chi connectivity index (χ1n) is 7.44. The molecule has 2 nitrogen and oxygen atoms in total. The van der Waals surface area contributed by atoms with Gasteiger partial charge in [0.25, 0.3) is 0 Å². The third-order valence-electron chi connectivity index (χ3n) is 4.38. The molecule has 1 aliphatic rings. The molecule has 20 heavy (non-hydrogen) atoms. The van der Waals surface area contributed by atoms with E-state index in [-0.39, 0.29) is 0 Å². The van der Waals surface area contributed by atoms with E-state index in [2.05, 4.69) is 46.7 Å². The Morgan fingerprint density at radius 2 is 1.80 bits per heavy atom. The van der Waals surface area contributed by atoms with Crippen molar-refractivity contribution in [3.63, 3.8) is 0 Å². The van der Waals surface area contributed by atoms with E-state index in [4.69, 9.17) is 0 Å². The molecule has 2 heteroatoms. The van der Waals surface area contributed by atoms with Crippen molar-refractivity contribution in [3.05, 3.63) is 48.8 Å². The van der Waals surface area contributed by atoms with Crippen LogP contribution >= 0.6 is 0 Å². The maximum atomic E-state index is 4.31. The summed E-state index contributed by atoms with van der Waals surface area (Å²) < 4.78 is 0. The monoisotopic (exact) mass is 262 g/mol. The van der Waals surface area contributed by atoms with Crippen LogP contribution in [0, 0.1) is 0 Å². The normalized spacial score (nSPS) is 16.0. The number of benzene rings is 2. The zero-order chi connectivity index (χ0) is 13.4. The molecule has 4 rings (SSSR count). The summed E-state index contributed by atoms with van der Waals surface area (Å²) in [5.74, 6) is 0. The van der Waals surface area contributed by atoms with E-state index in [0.717, 1.165) is 0 Å². The van der Waals surface area contributed by atoms with Crippen molar-refractivity contribution < 1.29 is 0 Å². The summed E-state index contributed by atoms with van der Waals surface area (Å²) in [6.45, 7) is 0. The molecular formula is C18H18N2. The van der Waals surface area contributed by atoms with Crippen molar-refractivity contribution in [2.45, 2.75) is 31.7 Å². The Bertz CT molecular complexity index is 758. The van der Waals surface area contributed by atoms with Gasteiger partial charge in [0, 0.05) is 34.9 Å². The molecule has 0 atom stereocenters. The molecule has 0 saturated heterocycles. The molecule has 2 aromatic carbocycles. The van der Waals surface area contributed by atoms with Gasteiger partial charge < -0.3 is 5.32 Å². The number of rotatable bonds is 2. The first-order chi connectivity index (χ1) is 9.92. The fourth-order valence-electron chi connectivity index (χ4n) is 3.35. The quantitative estimate of drug-likeness (QED) is 0.674. The fraction of sp³-hybridized carbons (Fsp3) is 0.278. The van der Waals surface area contributed by atoms with Gasteiger partial charge in [-0.1, -0.05) is 37.1 Å². The Kier molecular flexibility index (Phi) is 2.80. The van der Waals surface area contributed by atoms with Gasteiger partial charge in [0.2, 0.25) is 0 Å². The van der Waals surface area contributed by atoms with Crippen molar-refractivity contribution in [1.82, 2.24) is 4.98 Å². The number of nitrogens with zero attached hydrogens (tertiary/aromatic N) is 1. The van der Waals surface area contributed by atoms with Crippen LogP contribution in [0.4, 0.5) is 5.69 Å². The Hall–Kier alpha value is -2.09. The first-order valence-corrected chi connectivity index (χ1v) is 7.44. The lowest BCUT2D eigenvalue weighted by atomic mass is 10.0. The minimum absolute atomic E-state index is 0.632. The smallest absolute Gasteiger partial charge is 0.0429 e. The molecule has 0 aliphatic heterocycles. The highest BCUT2D eigenvalue weighted by molar-refractivity contribution is 6.12. The summed E-state index contributed by atoms with van der Waals surface area (Å²) in [4.78, 5) is 4.31. The van der Waals surface area contributed by atoms with Crippen molar-refractivity contribution in [1.29, 1.82) is 0 Å². The Morgan fingerprint density at radius 3 is 2.70 bits per heavy atom. The van der Waals surface area contributed by atoms with Crippen LogP contribution in [0.15, 0.2) is 48.8 Å². The van der Waals surface area contributed by atoms with E-state index in [1.165, 1.54) is 52.9 Å². The minimum atomic E-state index is 0.632. The molecule has 1 aromatic heterocycles. The lowest BCUT2D eigenvalue weighted by Crippen LogP contribution is -2.14. The van der Waals surface area contributed by atoms with Crippen LogP contribution in [0.3, 0.4) is 0 Å². The molecule has 3 aromatic rings. The van der Waals surface area contributed by atoms with E-state index < -0.39 is 0 Å². The topological polar surface area (TPSA) is 24.9 Å². The highest BCUT2D eigenvalue weighted by atomic mass is 14.9. The highest BCUT2D eigenvalue weighted by Crippen LogP contribution is 2.33. The predicted molar refractivity (Wildman–Crippen MR) is 85.1 cm³/mol. The highest BCUT2D eigenvalue weighted by Gasteiger charge is 2.16. The van der Waals surface area contributed by atoms with Gasteiger partial charge in [-0.05, 0) is 35.7 Å². The number of pyridine rings is 1. The van der Waals surface area contributed by atoms with E-state index in [1.54, 1.807) is 0 Å². The molecule has 1 aliphatic carbocycles. The number of hydrogen-bond donors (Lipinski definition) is 1. The van der Waals surface area contributed by atoms with Crippen molar-refractivity contribution in [2.75, 3.05) is 5.32 Å². The lowest BCUT2D eigenvalue weighted by molar-refractivity contribution is 0.757. The summed E-state index contributed by atoms with van der Waals surface area (Å²) in [5.41, 5.74) is 1.26. The molecule has 1 saturated carbocycles. The molecular weight excluding hydrogens is 244 g/mol. The Labute approximate surface area is 118 Å². The Balaban J connectivity index is 1.92. The second kappa shape index (κ2) is 4.78. The molecule has 0 bridgehead atoms. The molecule has 0 spiro atoms. The van der Waals surface area contributed by atoms with E-state index in [9.17, 15) is 0 Å². The maximum absolute atomic E-state index is 4.31. The minimum Gasteiger partial charge on any atom is -0.382 e. The number of anilines is 1. The third-order valence-corrected chi connectivity index (χ3v) is 4.38. The lowest BCUT2D eigenvalue weighted by Gasteiger charge is -2.17. The zero-order valence-electron chi connectivity index (χ0n) is 11.5. The average molecular weight is 262 g/mol. The summed E-state index contributed by atoms with van der Waals surface area (Å²) >= 11 is 0. The van der Waals surface area contributed by atoms with Crippen LogP contribution < -0.4 is 5.32 Å². The molecule has 1 fully saturated rings. The van der Waals surface area contributed by atoms with Gasteiger partial charge in [-0.25, -0.2) is 0 Å². The predicted octanol–water partition coefficient (Wildman–Crippen LogP) is 4.74. The van der Waals surface area contributed by atoms with Gasteiger partial charge in [-0.2, -0.15) is 0 Å². The second-order valence-corrected chi connectivity index (χ2v) is 5.69. The van der Waals surface area contributed by atoms with Crippen molar-refractivity contribution in [3.8, 4) is 0 Å². The van der Waals surface area contributed by atoms with Crippen LogP contribution in [0.2, 0.25) is 0 Å². The molecule has 1 heterocycles. The SMILES string of the molecule is c1ccc2c(c1)cc(NC1CCCC1)c1ccncc12. The van der Waals surface area contributed by atoms with E-state index in [1.807, 2.05) is 12.4 Å². The fourth-order valence-corrected chi connectivity index (χ4v) is 3.35. The van der Waals surface area contributed by atoms with E-state index in [0.29, 0.717) is 6.04 Å². The summed E-state index contributed by atoms with van der Waals surface area (Å²) in [6.07, 6.45) is 9.16. The Morgan fingerprint density at radius 1 is 0.950 bits per heavy atom. The second-order valence-electron chi connectivity index (χ2n) is 5.69. The number of nitrogens with one attached hydrogen (secondary N) is 1. The molecule has 0 radical (unpaired) electrons. The number of aromatic nitrogens is 1. The summed E-state index contributed by atoms with van der Waals surface area (Å²) in [5, 5.41) is 8.84. The average Bonchev–Trinajstić information content (AvgIpc) is 3.00.